The van der Waals surface area contributed by atoms with Crippen LogP contribution in [-0.4, -0.2) is 28.9 Å². The Hall–Kier alpha value is 0.120. The van der Waals surface area contributed by atoms with Crippen LogP contribution in [0.3, 0.4) is 0 Å². The summed E-state index contributed by atoms with van der Waals surface area (Å²) in [5, 5.41) is -2.25. The fraction of sp³-hybridized carbons (Fsp3) is 1.00. The zero-order chi connectivity index (χ0) is 12.1. The first-order chi connectivity index (χ1) is 6.54. The Labute approximate surface area is 90.3 Å². The molecule has 0 bridgehead atoms. The Balaban J connectivity index is 3.10. The molecule has 0 saturated heterocycles. The highest BCUT2D eigenvalue weighted by molar-refractivity contribution is 6.43. The zero-order valence-corrected chi connectivity index (χ0v) is 8.31. The van der Waals surface area contributed by atoms with E-state index in [0.717, 1.165) is 0 Å². The Morgan fingerprint density at radius 3 is 1.87 bits per heavy atom. The van der Waals surface area contributed by atoms with E-state index in [-0.39, 0.29) is 0 Å². The highest BCUT2D eigenvalue weighted by Crippen LogP contribution is 2.57. The maximum Gasteiger partial charge on any atom is 0.342 e. The van der Waals surface area contributed by atoms with Crippen LogP contribution in [0.5, 0.6) is 0 Å². The molecule has 0 spiro atoms. The van der Waals surface area contributed by atoms with Gasteiger partial charge in [0.15, 0.2) is 6.17 Å². The lowest BCUT2D eigenvalue weighted by Crippen LogP contribution is -2.55. The van der Waals surface area contributed by atoms with Gasteiger partial charge in [0.25, 0.3) is 0 Å². The van der Waals surface area contributed by atoms with Gasteiger partial charge in [-0.1, -0.05) is 23.2 Å². The van der Waals surface area contributed by atoms with Crippen LogP contribution >= 0.6 is 23.2 Å². The minimum atomic E-state index is -5.00. The van der Waals surface area contributed by atoms with Crippen LogP contribution < -0.4 is 0 Å². The second-order valence-corrected chi connectivity index (χ2v) is 3.99. The van der Waals surface area contributed by atoms with E-state index in [1.807, 2.05) is 0 Å². The molecular formula is C6H4Cl2F6O. The summed E-state index contributed by atoms with van der Waals surface area (Å²) in [7, 11) is 0. The van der Waals surface area contributed by atoms with Crippen molar-refractivity contribution in [3.8, 4) is 0 Å². The molecule has 0 aliphatic heterocycles. The molecular weight excluding hydrogens is 273 g/mol. The largest absolute Gasteiger partial charge is 0.342 e. The van der Waals surface area contributed by atoms with E-state index in [2.05, 4.69) is 4.74 Å². The highest BCUT2D eigenvalue weighted by atomic mass is 35.5. The number of rotatable bonds is 2. The Bertz CT molecular complexity index is 260. The van der Waals surface area contributed by atoms with Crippen molar-refractivity contribution in [2.24, 2.45) is 0 Å². The van der Waals surface area contributed by atoms with Crippen molar-refractivity contribution in [3.05, 3.63) is 0 Å². The van der Waals surface area contributed by atoms with Crippen molar-refractivity contribution < 1.29 is 31.1 Å². The molecule has 1 saturated carbocycles. The third kappa shape index (κ3) is 1.78. The van der Waals surface area contributed by atoms with Crippen LogP contribution in [0.15, 0.2) is 0 Å². The van der Waals surface area contributed by atoms with Gasteiger partial charge in [0.05, 0.1) is 6.42 Å². The third-order valence-corrected chi connectivity index (χ3v) is 2.16. The van der Waals surface area contributed by atoms with Crippen LogP contribution in [0.1, 0.15) is 6.42 Å². The Morgan fingerprint density at radius 1 is 1.13 bits per heavy atom. The van der Waals surface area contributed by atoms with Gasteiger partial charge in [-0.3, -0.25) is 0 Å². The van der Waals surface area contributed by atoms with E-state index in [0.29, 0.717) is 0 Å². The number of hydrogen-bond acceptors (Lipinski definition) is 1. The van der Waals surface area contributed by atoms with Crippen molar-refractivity contribution in [1.29, 1.82) is 0 Å². The molecule has 0 aromatic heterocycles. The molecule has 90 valence electrons. The van der Waals surface area contributed by atoms with Gasteiger partial charge in [0.1, 0.15) is 0 Å². The number of alkyl halides is 8. The summed E-state index contributed by atoms with van der Waals surface area (Å²) in [6.45, 7) is 0. The molecule has 1 aliphatic carbocycles. The number of hydrogen-bond donors (Lipinski definition) is 0. The van der Waals surface area contributed by atoms with Gasteiger partial charge < -0.3 is 4.74 Å². The molecule has 9 heteroatoms. The van der Waals surface area contributed by atoms with E-state index in [1.165, 1.54) is 0 Å². The molecule has 1 aliphatic rings. The van der Waals surface area contributed by atoms with E-state index in [4.69, 9.17) is 23.2 Å². The van der Waals surface area contributed by atoms with Crippen LogP contribution in [0.2, 0.25) is 0 Å². The quantitative estimate of drug-likeness (QED) is 0.555. The Morgan fingerprint density at radius 2 is 1.60 bits per heavy atom. The normalized spacial score (nSPS) is 38.6. The first-order valence-corrected chi connectivity index (χ1v) is 4.46. The predicted molar refractivity (Wildman–Crippen MR) is 39.8 cm³/mol. The van der Waals surface area contributed by atoms with E-state index < -0.39 is 35.3 Å². The first kappa shape index (κ1) is 13.2. The lowest BCUT2D eigenvalue weighted by molar-refractivity contribution is -0.335. The molecule has 0 aromatic rings. The van der Waals surface area contributed by atoms with Crippen LogP contribution in [0.25, 0.3) is 0 Å². The second-order valence-electron chi connectivity index (χ2n) is 2.97. The third-order valence-electron chi connectivity index (χ3n) is 1.98. The molecule has 1 rings (SSSR count). The molecule has 0 radical (unpaired) electrons. The topological polar surface area (TPSA) is 9.23 Å². The van der Waals surface area contributed by atoms with Gasteiger partial charge >= 0.3 is 17.7 Å². The van der Waals surface area contributed by atoms with Crippen molar-refractivity contribution in [2.45, 2.75) is 35.3 Å². The summed E-state index contributed by atoms with van der Waals surface area (Å²) in [5.41, 5.74) is 0. The van der Waals surface area contributed by atoms with Crippen LogP contribution in [0.4, 0.5) is 26.3 Å². The van der Waals surface area contributed by atoms with Crippen molar-refractivity contribution in [1.82, 2.24) is 0 Å². The Kier molecular flexibility index (Phi) is 3.13. The molecule has 0 amide bonds. The SMILES string of the molecule is FC1CC(F)(F)C(F)(OC(Cl)Cl)C1(F)F. The molecule has 1 fully saturated rings. The standard InChI is InChI=1S/C6H4Cl2F6O/c7-3(8)15-6(14)4(10,11)1-2(9)5(6,12)13/h2-3H,1H2. The number of ether oxygens (including phenoxy) is 1. The van der Waals surface area contributed by atoms with Gasteiger partial charge in [0, 0.05) is 0 Å². The highest BCUT2D eigenvalue weighted by Gasteiger charge is 2.81. The average molecular weight is 277 g/mol. The molecule has 0 N–H and O–H groups in total. The fourth-order valence-corrected chi connectivity index (χ4v) is 1.46. The van der Waals surface area contributed by atoms with Gasteiger partial charge in [-0.25, -0.2) is 4.39 Å². The zero-order valence-electron chi connectivity index (χ0n) is 6.79. The van der Waals surface area contributed by atoms with Crippen LogP contribution in [-0.2, 0) is 4.74 Å². The summed E-state index contributed by atoms with van der Waals surface area (Å²) in [4.78, 5) is 0. The van der Waals surface area contributed by atoms with Gasteiger partial charge in [-0.15, -0.1) is 0 Å². The van der Waals surface area contributed by atoms with Gasteiger partial charge in [-0.2, -0.15) is 22.0 Å². The minimum Gasteiger partial charge on any atom is -0.302 e. The van der Waals surface area contributed by atoms with Crippen molar-refractivity contribution >= 4 is 23.2 Å². The summed E-state index contributed by atoms with van der Waals surface area (Å²) in [6.07, 6.45) is -5.35. The summed E-state index contributed by atoms with van der Waals surface area (Å²) in [6, 6.07) is 0. The maximum absolute atomic E-state index is 13.2. The first-order valence-electron chi connectivity index (χ1n) is 3.59. The smallest absolute Gasteiger partial charge is 0.302 e. The lowest BCUT2D eigenvalue weighted by Gasteiger charge is -2.31. The molecule has 2 unspecified atom stereocenters. The summed E-state index contributed by atoms with van der Waals surface area (Å²) < 4.78 is 80.2. The molecule has 15 heavy (non-hydrogen) atoms. The fourth-order valence-electron chi connectivity index (χ4n) is 1.22. The molecule has 0 aromatic carbocycles. The monoisotopic (exact) mass is 276 g/mol. The molecule has 0 heterocycles. The lowest BCUT2D eigenvalue weighted by atomic mass is 10.1. The van der Waals surface area contributed by atoms with Crippen LogP contribution in [0, 0.1) is 0 Å². The predicted octanol–water partition coefficient (Wildman–Crippen LogP) is 3.44. The molecule has 2 atom stereocenters. The summed E-state index contributed by atoms with van der Waals surface area (Å²) >= 11 is 9.53. The van der Waals surface area contributed by atoms with Crippen molar-refractivity contribution in [3.63, 3.8) is 0 Å². The maximum atomic E-state index is 13.2. The van der Waals surface area contributed by atoms with Gasteiger partial charge in [-0.05, 0) is 0 Å². The minimum absolute atomic E-state index is 1.99. The van der Waals surface area contributed by atoms with E-state index in [1.54, 1.807) is 0 Å². The van der Waals surface area contributed by atoms with E-state index >= 15 is 0 Å². The molecule has 1 nitrogen and oxygen atoms in total. The van der Waals surface area contributed by atoms with Crippen molar-refractivity contribution in [2.75, 3.05) is 0 Å². The van der Waals surface area contributed by atoms with Gasteiger partial charge in [0.2, 0.25) is 5.02 Å². The van der Waals surface area contributed by atoms with E-state index in [9.17, 15) is 26.3 Å². The second kappa shape index (κ2) is 3.56. The average Bonchev–Trinajstić information content (AvgIpc) is 2.09. The number of halogens is 8. The summed E-state index contributed by atoms with van der Waals surface area (Å²) in [5.74, 6) is -14.5.